The summed E-state index contributed by atoms with van der Waals surface area (Å²) in [5.74, 6) is -1.86. The van der Waals surface area contributed by atoms with Crippen molar-refractivity contribution in [3.63, 3.8) is 0 Å². The second-order valence-electron chi connectivity index (χ2n) is 7.51. The number of rotatable bonds is 8. The SMILES string of the molecule is CCOC(=O)C(C)COc1ccc(C2C(C(=O)OC)=C(C)N(C)C(C)=C2C(=O)OC)cc1. The van der Waals surface area contributed by atoms with Crippen molar-refractivity contribution in [2.75, 3.05) is 34.5 Å². The van der Waals surface area contributed by atoms with Gasteiger partial charge in [-0.05, 0) is 45.4 Å². The maximum absolute atomic E-state index is 12.7. The molecule has 0 amide bonds. The van der Waals surface area contributed by atoms with Crippen molar-refractivity contribution in [3.05, 3.63) is 52.4 Å². The molecule has 8 heteroatoms. The first kappa shape index (κ1) is 25.0. The van der Waals surface area contributed by atoms with Crippen molar-refractivity contribution in [3.8, 4) is 5.75 Å². The number of nitrogens with zero attached hydrogens (tertiary/aromatic N) is 1. The first-order valence-electron chi connectivity index (χ1n) is 10.4. The first-order valence-corrected chi connectivity index (χ1v) is 10.4. The van der Waals surface area contributed by atoms with E-state index in [2.05, 4.69) is 0 Å². The Morgan fingerprint density at radius 3 is 1.91 bits per heavy atom. The Hall–Kier alpha value is -3.29. The number of allylic oxidation sites excluding steroid dienone is 2. The summed E-state index contributed by atoms with van der Waals surface area (Å²) in [6.45, 7) is 7.60. The van der Waals surface area contributed by atoms with Crippen molar-refractivity contribution in [1.29, 1.82) is 0 Å². The highest BCUT2D eigenvalue weighted by Crippen LogP contribution is 2.42. The van der Waals surface area contributed by atoms with Crippen molar-refractivity contribution >= 4 is 17.9 Å². The molecule has 1 aliphatic heterocycles. The van der Waals surface area contributed by atoms with Gasteiger partial charge in [0, 0.05) is 18.4 Å². The number of hydrogen-bond donors (Lipinski definition) is 0. The minimum absolute atomic E-state index is 0.172. The van der Waals surface area contributed by atoms with Gasteiger partial charge in [-0.25, -0.2) is 9.59 Å². The largest absolute Gasteiger partial charge is 0.493 e. The standard InChI is InChI=1S/C24H31NO7/c1-8-31-22(26)14(2)13-32-18-11-9-17(10-12-18)21-19(23(27)29-6)15(3)25(5)16(4)20(21)24(28)30-7/h9-12,14,21H,8,13H2,1-7H3. The van der Waals surface area contributed by atoms with Gasteiger partial charge in [0.05, 0.1) is 43.8 Å². The summed E-state index contributed by atoms with van der Waals surface area (Å²) in [4.78, 5) is 38.9. The number of esters is 3. The average Bonchev–Trinajstić information content (AvgIpc) is 2.80. The van der Waals surface area contributed by atoms with E-state index < -0.39 is 23.8 Å². The summed E-state index contributed by atoms with van der Waals surface area (Å²) in [6.07, 6.45) is 0. The highest BCUT2D eigenvalue weighted by atomic mass is 16.5. The normalized spacial score (nSPS) is 15.4. The molecule has 2 rings (SSSR count). The second-order valence-corrected chi connectivity index (χ2v) is 7.51. The van der Waals surface area contributed by atoms with Crippen LogP contribution in [0.5, 0.6) is 5.75 Å². The highest BCUT2D eigenvalue weighted by Gasteiger charge is 2.39. The predicted octanol–water partition coefficient (Wildman–Crippen LogP) is 3.19. The molecular formula is C24H31NO7. The van der Waals surface area contributed by atoms with Crippen LogP contribution in [0.2, 0.25) is 0 Å². The van der Waals surface area contributed by atoms with Crippen LogP contribution in [-0.2, 0) is 28.6 Å². The van der Waals surface area contributed by atoms with E-state index in [1.807, 2.05) is 13.8 Å². The average molecular weight is 446 g/mol. The smallest absolute Gasteiger partial charge is 0.336 e. The monoisotopic (exact) mass is 445 g/mol. The zero-order valence-electron chi connectivity index (χ0n) is 19.7. The van der Waals surface area contributed by atoms with Gasteiger partial charge in [0.15, 0.2) is 0 Å². The van der Waals surface area contributed by atoms with Crippen LogP contribution < -0.4 is 4.74 Å². The van der Waals surface area contributed by atoms with E-state index in [4.69, 9.17) is 18.9 Å². The molecule has 0 bridgehead atoms. The lowest BCUT2D eigenvalue weighted by Crippen LogP contribution is -2.33. The summed E-state index contributed by atoms with van der Waals surface area (Å²) in [6, 6.07) is 7.04. The minimum Gasteiger partial charge on any atom is -0.493 e. The molecule has 0 saturated carbocycles. The van der Waals surface area contributed by atoms with Crippen LogP contribution >= 0.6 is 0 Å². The Morgan fingerprint density at radius 1 is 0.969 bits per heavy atom. The molecule has 0 radical (unpaired) electrons. The van der Waals surface area contributed by atoms with Gasteiger partial charge < -0.3 is 23.8 Å². The van der Waals surface area contributed by atoms with Gasteiger partial charge in [0.25, 0.3) is 0 Å². The first-order chi connectivity index (χ1) is 15.2. The lowest BCUT2D eigenvalue weighted by Gasteiger charge is -2.35. The number of methoxy groups -OCH3 is 2. The third-order valence-electron chi connectivity index (χ3n) is 5.58. The summed E-state index contributed by atoms with van der Waals surface area (Å²) in [7, 11) is 4.41. The van der Waals surface area contributed by atoms with Gasteiger partial charge in [-0.3, -0.25) is 4.79 Å². The van der Waals surface area contributed by atoms with E-state index in [1.54, 1.807) is 50.1 Å². The molecule has 32 heavy (non-hydrogen) atoms. The fourth-order valence-electron chi connectivity index (χ4n) is 3.59. The van der Waals surface area contributed by atoms with E-state index in [-0.39, 0.29) is 12.6 Å². The highest BCUT2D eigenvalue weighted by molar-refractivity contribution is 5.99. The van der Waals surface area contributed by atoms with Gasteiger partial charge in [-0.1, -0.05) is 12.1 Å². The molecule has 1 aromatic carbocycles. The van der Waals surface area contributed by atoms with Gasteiger partial charge in [-0.2, -0.15) is 0 Å². The van der Waals surface area contributed by atoms with E-state index in [0.29, 0.717) is 40.5 Å². The zero-order chi connectivity index (χ0) is 24.0. The molecule has 0 fully saturated rings. The van der Waals surface area contributed by atoms with Gasteiger partial charge in [-0.15, -0.1) is 0 Å². The maximum Gasteiger partial charge on any atom is 0.336 e. The Bertz CT molecular complexity index is 890. The minimum atomic E-state index is -0.654. The molecule has 0 saturated heterocycles. The molecule has 0 aliphatic carbocycles. The van der Waals surface area contributed by atoms with Crippen LogP contribution in [-0.4, -0.2) is 57.3 Å². The molecule has 1 aliphatic rings. The van der Waals surface area contributed by atoms with Crippen LogP contribution in [0.15, 0.2) is 46.8 Å². The number of benzene rings is 1. The summed E-state index contributed by atoms with van der Waals surface area (Å²) >= 11 is 0. The molecule has 1 aromatic rings. The van der Waals surface area contributed by atoms with Crippen molar-refractivity contribution < 1.29 is 33.3 Å². The zero-order valence-corrected chi connectivity index (χ0v) is 19.7. The Balaban J connectivity index is 2.39. The van der Waals surface area contributed by atoms with Crippen LogP contribution in [0.25, 0.3) is 0 Å². The van der Waals surface area contributed by atoms with Gasteiger partial charge >= 0.3 is 17.9 Å². The second kappa shape index (κ2) is 10.8. The van der Waals surface area contributed by atoms with Gasteiger partial charge in [0.1, 0.15) is 12.4 Å². The predicted molar refractivity (Wildman–Crippen MR) is 118 cm³/mol. The van der Waals surface area contributed by atoms with E-state index in [0.717, 1.165) is 0 Å². The van der Waals surface area contributed by atoms with Crippen molar-refractivity contribution in [2.45, 2.75) is 33.6 Å². The Labute approximate surface area is 188 Å². The maximum atomic E-state index is 12.7. The third-order valence-corrected chi connectivity index (χ3v) is 5.58. The number of carbonyl (C=O) groups is 3. The van der Waals surface area contributed by atoms with E-state index >= 15 is 0 Å². The molecular weight excluding hydrogens is 414 g/mol. The molecule has 1 heterocycles. The fourth-order valence-corrected chi connectivity index (χ4v) is 3.59. The van der Waals surface area contributed by atoms with Crippen LogP contribution in [0.4, 0.5) is 0 Å². The fraction of sp³-hybridized carbons (Fsp3) is 0.458. The van der Waals surface area contributed by atoms with E-state index in [1.165, 1.54) is 14.2 Å². The van der Waals surface area contributed by atoms with Crippen LogP contribution in [0.3, 0.4) is 0 Å². The molecule has 0 N–H and O–H groups in total. The van der Waals surface area contributed by atoms with Crippen molar-refractivity contribution in [2.24, 2.45) is 5.92 Å². The topological polar surface area (TPSA) is 91.4 Å². The lowest BCUT2D eigenvalue weighted by atomic mass is 9.80. The van der Waals surface area contributed by atoms with E-state index in [9.17, 15) is 14.4 Å². The summed E-state index contributed by atoms with van der Waals surface area (Å²) in [5.41, 5.74) is 2.82. The molecule has 1 unspecified atom stereocenters. The summed E-state index contributed by atoms with van der Waals surface area (Å²) in [5, 5.41) is 0. The quantitative estimate of drug-likeness (QED) is 0.445. The van der Waals surface area contributed by atoms with Crippen molar-refractivity contribution in [1.82, 2.24) is 4.90 Å². The van der Waals surface area contributed by atoms with Gasteiger partial charge in [0.2, 0.25) is 0 Å². The molecule has 1 atom stereocenters. The van der Waals surface area contributed by atoms with Crippen LogP contribution in [0, 0.1) is 5.92 Å². The number of hydrogen-bond acceptors (Lipinski definition) is 8. The van der Waals surface area contributed by atoms with Crippen LogP contribution in [0.1, 0.15) is 39.2 Å². The number of ether oxygens (including phenoxy) is 4. The Morgan fingerprint density at radius 2 is 1.47 bits per heavy atom. The molecule has 8 nitrogen and oxygen atoms in total. The Kier molecular flexibility index (Phi) is 8.46. The molecule has 0 aromatic heterocycles. The molecule has 174 valence electrons. The third kappa shape index (κ3) is 5.12. The molecule has 0 spiro atoms. The number of carbonyl (C=O) groups excluding carboxylic acids is 3. The summed E-state index contributed by atoms with van der Waals surface area (Å²) < 4.78 is 20.7. The lowest BCUT2D eigenvalue weighted by molar-refractivity contribution is -0.148.